The number of carbonyl (C=O) groups excluding carboxylic acids is 1. The number of carboxylic acid groups (broad SMARTS) is 1. The highest BCUT2D eigenvalue weighted by atomic mass is 32.2. The Bertz CT molecular complexity index is 467. The van der Waals surface area contributed by atoms with Crippen LogP contribution in [0.4, 0.5) is 5.95 Å². The number of thioether (sulfide) groups is 1. The number of carboxylic acids is 1. The summed E-state index contributed by atoms with van der Waals surface area (Å²) in [5.41, 5.74) is 0. The van der Waals surface area contributed by atoms with Gasteiger partial charge in [-0.05, 0) is 6.07 Å². The maximum atomic E-state index is 11.0. The smallest absolute Gasteiger partial charge is 0.327 e. The minimum atomic E-state index is -1.07. The first-order valence-electron chi connectivity index (χ1n) is 5.53. The molecule has 0 aliphatic heterocycles. The molecular formula is C11H16N4O3S. The van der Waals surface area contributed by atoms with Gasteiger partial charge in [-0.15, -0.1) is 11.8 Å². The molecule has 0 spiro atoms. The van der Waals surface area contributed by atoms with E-state index in [9.17, 15) is 9.59 Å². The fourth-order valence-electron chi connectivity index (χ4n) is 1.22. The summed E-state index contributed by atoms with van der Waals surface area (Å²) in [6.07, 6.45) is 1.61. The largest absolute Gasteiger partial charge is 0.480 e. The van der Waals surface area contributed by atoms with Crippen LogP contribution in [0.1, 0.15) is 6.92 Å². The van der Waals surface area contributed by atoms with E-state index in [1.165, 1.54) is 18.7 Å². The molecule has 104 valence electrons. The number of aromatic nitrogens is 2. The van der Waals surface area contributed by atoms with E-state index in [-0.39, 0.29) is 11.7 Å². The molecule has 1 heterocycles. The highest BCUT2D eigenvalue weighted by Crippen LogP contribution is 2.17. The van der Waals surface area contributed by atoms with Crippen LogP contribution in [0, 0.1) is 0 Å². The zero-order valence-corrected chi connectivity index (χ0v) is 11.8. The molecule has 1 rings (SSSR count). The Morgan fingerprint density at radius 1 is 1.53 bits per heavy atom. The molecule has 0 saturated carbocycles. The fourth-order valence-corrected chi connectivity index (χ4v) is 2.08. The lowest BCUT2D eigenvalue weighted by Gasteiger charge is -2.13. The topological polar surface area (TPSA) is 95.4 Å². The van der Waals surface area contributed by atoms with Gasteiger partial charge in [0, 0.05) is 33.0 Å². The van der Waals surface area contributed by atoms with E-state index >= 15 is 0 Å². The summed E-state index contributed by atoms with van der Waals surface area (Å²) in [5, 5.41) is 12.0. The average molecular weight is 284 g/mol. The van der Waals surface area contributed by atoms with Crippen molar-refractivity contribution in [3.05, 3.63) is 12.3 Å². The van der Waals surface area contributed by atoms with Crippen LogP contribution < -0.4 is 10.2 Å². The van der Waals surface area contributed by atoms with Crippen molar-refractivity contribution >= 4 is 29.6 Å². The molecule has 1 amide bonds. The van der Waals surface area contributed by atoms with Gasteiger partial charge in [0.1, 0.15) is 11.1 Å². The van der Waals surface area contributed by atoms with Crippen LogP contribution in [0.25, 0.3) is 0 Å². The Labute approximate surface area is 115 Å². The molecule has 0 bridgehead atoms. The van der Waals surface area contributed by atoms with Gasteiger partial charge in [-0.1, -0.05) is 0 Å². The van der Waals surface area contributed by atoms with Crippen molar-refractivity contribution in [3.63, 3.8) is 0 Å². The Balaban J connectivity index is 2.66. The summed E-state index contributed by atoms with van der Waals surface area (Å²) in [6, 6.07) is 0.768. The van der Waals surface area contributed by atoms with E-state index in [0.29, 0.717) is 11.0 Å². The number of aliphatic carboxylic acids is 1. The summed E-state index contributed by atoms with van der Waals surface area (Å²) < 4.78 is 0. The summed E-state index contributed by atoms with van der Waals surface area (Å²) in [5.74, 6) is -0.677. The molecule has 0 saturated heterocycles. The fraction of sp³-hybridized carbons (Fsp3) is 0.455. The van der Waals surface area contributed by atoms with E-state index in [4.69, 9.17) is 5.11 Å². The predicted molar refractivity (Wildman–Crippen MR) is 72.3 cm³/mol. The Morgan fingerprint density at radius 2 is 2.21 bits per heavy atom. The van der Waals surface area contributed by atoms with Gasteiger partial charge in [-0.3, -0.25) is 4.79 Å². The lowest BCUT2D eigenvalue weighted by Crippen LogP contribution is -2.41. The average Bonchev–Trinajstić information content (AvgIpc) is 2.34. The van der Waals surface area contributed by atoms with Crippen LogP contribution in [0.3, 0.4) is 0 Å². The first-order chi connectivity index (χ1) is 8.90. The molecule has 0 fully saturated rings. The van der Waals surface area contributed by atoms with Gasteiger partial charge in [0.2, 0.25) is 11.9 Å². The summed E-state index contributed by atoms with van der Waals surface area (Å²) in [6.45, 7) is 1.29. The van der Waals surface area contributed by atoms with Crippen molar-refractivity contribution in [1.29, 1.82) is 0 Å². The number of anilines is 1. The third-order valence-corrected chi connectivity index (χ3v) is 3.11. The first-order valence-corrected chi connectivity index (χ1v) is 6.51. The minimum absolute atomic E-state index is 0.207. The third kappa shape index (κ3) is 5.12. The first kappa shape index (κ1) is 15.2. The molecule has 0 aliphatic rings. The molecule has 1 aromatic rings. The van der Waals surface area contributed by atoms with Crippen molar-refractivity contribution < 1.29 is 14.7 Å². The zero-order chi connectivity index (χ0) is 14.4. The monoisotopic (exact) mass is 284 g/mol. The van der Waals surface area contributed by atoms with E-state index in [2.05, 4.69) is 15.3 Å². The van der Waals surface area contributed by atoms with Gasteiger partial charge < -0.3 is 15.3 Å². The number of nitrogens with zero attached hydrogens (tertiary/aromatic N) is 3. The van der Waals surface area contributed by atoms with Crippen LogP contribution >= 0.6 is 11.8 Å². The SMILES string of the molecule is CC(=O)NC(CSc1ccnc(N(C)C)n1)C(=O)O. The second-order valence-corrected chi connectivity index (χ2v) is 5.03. The Hall–Kier alpha value is -1.83. The van der Waals surface area contributed by atoms with Crippen molar-refractivity contribution in [1.82, 2.24) is 15.3 Å². The van der Waals surface area contributed by atoms with Crippen LogP contribution in [0.5, 0.6) is 0 Å². The third-order valence-electron chi connectivity index (χ3n) is 2.09. The number of hydrogen-bond donors (Lipinski definition) is 2. The molecule has 8 heteroatoms. The van der Waals surface area contributed by atoms with Gasteiger partial charge in [0.15, 0.2) is 0 Å². The van der Waals surface area contributed by atoms with Gasteiger partial charge >= 0.3 is 5.97 Å². The molecular weight excluding hydrogens is 268 g/mol. The maximum absolute atomic E-state index is 11.0. The highest BCUT2D eigenvalue weighted by molar-refractivity contribution is 7.99. The van der Waals surface area contributed by atoms with Gasteiger partial charge in [0.25, 0.3) is 0 Å². The highest BCUT2D eigenvalue weighted by Gasteiger charge is 2.18. The van der Waals surface area contributed by atoms with Crippen LogP contribution in [-0.2, 0) is 9.59 Å². The standard InChI is InChI=1S/C11H16N4O3S/c1-7(16)13-8(10(17)18)6-19-9-4-5-12-11(14-9)15(2)3/h4-5,8H,6H2,1-3H3,(H,13,16)(H,17,18). The van der Waals surface area contributed by atoms with E-state index in [1.807, 2.05) is 14.1 Å². The van der Waals surface area contributed by atoms with Crippen molar-refractivity contribution in [3.8, 4) is 0 Å². The Kier molecular flexibility index (Phi) is 5.56. The second kappa shape index (κ2) is 6.93. The number of carbonyl (C=O) groups is 2. The predicted octanol–water partition coefficient (Wildman–Crippen LogP) is 0.224. The molecule has 1 aromatic heterocycles. The lowest BCUT2D eigenvalue weighted by molar-refractivity contribution is -0.140. The van der Waals surface area contributed by atoms with Crippen LogP contribution in [0.2, 0.25) is 0 Å². The molecule has 7 nitrogen and oxygen atoms in total. The van der Waals surface area contributed by atoms with Crippen molar-refractivity contribution in [2.45, 2.75) is 18.0 Å². The molecule has 2 N–H and O–H groups in total. The number of nitrogens with one attached hydrogen (secondary N) is 1. The molecule has 0 radical (unpaired) electrons. The molecule has 19 heavy (non-hydrogen) atoms. The second-order valence-electron chi connectivity index (χ2n) is 3.99. The summed E-state index contributed by atoms with van der Waals surface area (Å²) >= 11 is 1.26. The maximum Gasteiger partial charge on any atom is 0.327 e. The summed E-state index contributed by atoms with van der Waals surface area (Å²) in [7, 11) is 3.64. The van der Waals surface area contributed by atoms with Gasteiger partial charge in [0.05, 0.1) is 0 Å². The Morgan fingerprint density at radius 3 is 2.74 bits per heavy atom. The normalized spacial score (nSPS) is 11.7. The lowest BCUT2D eigenvalue weighted by atomic mass is 10.3. The number of amides is 1. The number of hydrogen-bond acceptors (Lipinski definition) is 6. The van der Waals surface area contributed by atoms with Gasteiger partial charge in [-0.2, -0.15) is 0 Å². The van der Waals surface area contributed by atoms with Gasteiger partial charge in [-0.25, -0.2) is 14.8 Å². The molecule has 0 aliphatic carbocycles. The minimum Gasteiger partial charge on any atom is -0.480 e. The quantitative estimate of drug-likeness (QED) is 0.570. The van der Waals surface area contributed by atoms with Crippen molar-refractivity contribution in [2.75, 3.05) is 24.7 Å². The van der Waals surface area contributed by atoms with E-state index in [0.717, 1.165) is 0 Å². The van der Waals surface area contributed by atoms with E-state index < -0.39 is 12.0 Å². The van der Waals surface area contributed by atoms with Crippen molar-refractivity contribution in [2.24, 2.45) is 0 Å². The molecule has 1 atom stereocenters. The number of rotatable bonds is 6. The van der Waals surface area contributed by atoms with E-state index in [1.54, 1.807) is 17.2 Å². The van der Waals surface area contributed by atoms with Crippen LogP contribution in [-0.4, -0.2) is 52.8 Å². The molecule has 1 unspecified atom stereocenters. The summed E-state index contributed by atoms with van der Waals surface area (Å²) in [4.78, 5) is 31.9. The molecule has 0 aromatic carbocycles. The zero-order valence-electron chi connectivity index (χ0n) is 11.0. The van der Waals surface area contributed by atoms with Crippen LogP contribution in [0.15, 0.2) is 17.3 Å².